The second kappa shape index (κ2) is 5.14. The molecule has 1 aromatic heterocycles. The number of aromatic nitrogens is 1. The molecule has 4 heteroatoms. The Bertz CT molecular complexity index is 600. The lowest BCUT2D eigenvalue weighted by Gasteiger charge is -2.11. The molecule has 1 aliphatic rings. The number of hydrogen-bond donors (Lipinski definition) is 1. The third kappa shape index (κ3) is 2.37. The van der Waals surface area contributed by atoms with E-state index in [2.05, 4.69) is 11.1 Å². The van der Waals surface area contributed by atoms with Gasteiger partial charge in [-0.05, 0) is 37.3 Å². The van der Waals surface area contributed by atoms with Crippen molar-refractivity contribution < 1.29 is 0 Å². The molecule has 2 nitrogen and oxygen atoms in total. The number of nitrogens with zero attached hydrogens (tertiary/aromatic N) is 1. The number of rotatable bonds is 2. The van der Waals surface area contributed by atoms with Crippen LogP contribution in [0.5, 0.6) is 0 Å². The molecule has 0 unspecified atom stereocenters. The summed E-state index contributed by atoms with van der Waals surface area (Å²) in [6.45, 7) is 2.05. The smallest absolute Gasteiger partial charge is 0.180 e. The zero-order valence-corrected chi connectivity index (χ0v) is 12.5. The average Bonchev–Trinajstić information content (AvgIpc) is 3.01. The summed E-state index contributed by atoms with van der Waals surface area (Å²) >= 11 is 7.87. The van der Waals surface area contributed by atoms with Crippen LogP contribution in [-0.4, -0.2) is 4.98 Å². The molecule has 0 radical (unpaired) electrons. The first-order chi connectivity index (χ1) is 9.16. The van der Waals surface area contributed by atoms with E-state index in [0.717, 1.165) is 21.8 Å². The van der Waals surface area contributed by atoms with Crippen LogP contribution in [0.15, 0.2) is 18.2 Å². The fourth-order valence-electron chi connectivity index (χ4n) is 2.87. The summed E-state index contributed by atoms with van der Waals surface area (Å²) in [7, 11) is 0. The topological polar surface area (TPSA) is 38.9 Å². The van der Waals surface area contributed by atoms with Crippen molar-refractivity contribution in [1.29, 1.82) is 0 Å². The Hall–Kier alpha value is -1.06. The summed E-state index contributed by atoms with van der Waals surface area (Å²) in [5.74, 6) is 0.628. The number of nitrogens with two attached hydrogens (primary N) is 1. The van der Waals surface area contributed by atoms with Gasteiger partial charge in [-0.15, -0.1) is 11.3 Å². The lowest BCUT2D eigenvalue weighted by atomic mass is 9.98. The SMILES string of the molecule is Cc1c(Cl)cccc1-c1nc(N)sc1C1CCCC1. The van der Waals surface area contributed by atoms with Crippen molar-refractivity contribution in [3.8, 4) is 11.3 Å². The van der Waals surface area contributed by atoms with Gasteiger partial charge in [0.1, 0.15) is 0 Å². The van der Waals surface area contributed by atoms with Gasteiger partial charge in [0, 0.05) is 15.5 Å². The van der Waals surface area contributed by atoms with E-state index in [4.69, 9.17) is 17.3 Å². The molecule has 100 valence electrons. The van der Waals surface area contributed by atoms with Crippen molar-refractivity contribution in [3.63, 3.8) is 0 Å². The standard InChI is InChI=1S/C15H17ClN2S/c1-9-11(7-4-8-12(9)16)13-14(19-15(17)18-13)10-5-2-3-6-10/h4,7-8,10H,2-3,5-6H2,1H3,(H2,17,18). The second-order valence-electron chi connectivity index (χ2n) is 5.16. The zero-order valence-electron chi connectivity index (χ0n) is 10.9. The van der Waals surface area contributed by atoms with E-state index in [0.29, 0.717) is 11.0 Å². The van der Waals surface area contributed by atoms with Gasteiger partial charge in [-0.25, -0.2) is 4.98 Å². The first kappa shape index (κ1) is 12.9. The van der Waals surface area contributed by atoms with E-state index in [9.17, 15) is 0 Å². The van der Waals surface area contributed by atoms with E-state index in [1.165, 1.54) is 30.6 Å². The van der Waals surface area contributed by atoms with E-state index in [1.54, 1.807) is 11.3 Å². The molecule has 0 saturated heterocycles. The summed E-state index contributed by atoms with van der Waals surface area (Å²) in [4.78, 5) is 5.91. The van der Waals surface area contributed by atoms with Crippen molar-refractivity contribution in [2.45, 2.75) is 38.5 Å². The molecule has 0 amide bonds. The second-order valence-corrected chi connectivity index (χ2v) is 6.63. The Labute approximate surface area is 122 Å². The van der Waals surface area contributed by atoms with Crippen LogP contribution >= 0.6 is 22.9 Å². The van der Waals surface area contributed by atoms with E-state index < -0.39 is 0 Å². The highest BCUT2D eigenvalue weighted by Crippen LogP contribution is 2.44. The van der Waals surface area contributed by atoms with Gasteiger partial charge in [-0.3, -0.25) is 0 Å². The van der Waals surface area contributed by atoms with Crippen molar-refractivity contribution >= 4 is 28.1 Å². The van der Waals surface area contributed by atoms with E-state index in [-0.39, 0.29) is 0 Å². The molecular formula is C15H17ClN2S. The Morgan fingerprint density at radius 1 is 1.32 bits per heavy atom. The van der Waals surface area contributed by atoms with Crippen molar-refractivity contribution in [1.82, 2.24) is 4.98 Å². The average molecular weight is 293 g/mol. The number of benzene rings is 1. The molecule has 1 fully saturated rings. The van der Waals surface area contributed by atoms with Crippen LogP contribution in [0.3, 0.4) is 0 Å². The molecular weight excluding hydrogens is 276 g/mol. The van der Waals surface area contributed by atoms with Crippen LogP contribution in [0.4, 0.5) is 5.13 Å². The normalized spacial score (nSPS) is 16.1. The van der Waals surface area contributed by atoms with Gasteiger partial charge < -0.3 is 5.73 Å². The molecule has 0 aliphatic heterocycles. The molecule has 2 aromatic rings. The van der Waals surface area contributed by atoms with Gasteiger partial charge in [-0.1, -0.05) is 36.6 Å². The quantitative estimate of drug-likeness (QED) is 0.845. The number of hydrogen-bond acceptors (Lipinski definition) is 3. The van der Waals surface area contributed by atoms with Crippen LogP contribution in [0.25, 0.3) is 11.3 Å². The highest BCUT2D eigenvalue weighted by Gasteiger charge is 2.24. The Morgan fingerprint density at radius 2 is 2.05 bits per heavy atom. The monoisotopic (exact) mass is 292 g/mol. The first-order valence-corrected chi connectivity index (χ1v) is 7.88. The summed E-state index contributed by atoms with van der Waals surface area (Å²) in [6, 6.07) is 6.00. The molecule has 3 rings (SSSR count). The molecule has 0 atom stereocenters. The van der Waals surface area contributed by atoms with Crippen LogP contribution < -0.4 is 5.73 Å². The lowest BCUT2D eigenvalue weighted by molar-refractivity contribution is 0.738. The van der Waals surface area contributed by atoms with E-state index in [1.807, 2.05) is 19.1 Å². The first-order valence-electron chi connectivity index (χ1n) is 6.68. The van der Waals surface area contributed by atoms with Crippen molar-refractivity contribution in [3.05, 3.63) is 33.7 Å². The third-order valence-electron chi connectivity index (χ3n) is 3.92. The van der Waals surface area contributed by atoms with Gasteiger partial charge in [0.15, 0.2) is 5.13 Å². The maximum absolute atomic E-state index is 6.23. The lowest BCUT2D eigenvalue weighted by Crippen LogP contribution is -1.94. The fourth-order valence-corrected chi connectivity index (χ4v) is 4.06. The minimum absolute atomic E-state index is 0.628. The highest BCUT2D eigenvalue weighted by atomic mass is 35.5. The van der Waals surface area contributed by atoms with Gasteiger partial charge in [0.25, 0.3) is 0 Å². The molecule has 1 aliphatic carbocycles. The molecule has 0 bridgehead atoms. The van der Waals surface area contributed by atoms with Crippen molar-refractivity contribution in [2.75, 3.05) is 5.73 Å². The largest absolute Gasteiger partial charge is 0.375 e. The number of nitrogen functional groups attached to an aromatic ring is 1. The highest BCUT2D eigenvalue weighted by molar-refractivity contribution is 7.15. The van der Waals surface area contributed by atoms with Crippen LogP contribution in [0.2, 0.25) is 5.02 Å². The zero-order chi connectivity index (χ0) is 13.4. The molecule has 2 N–H and O–H groups in total. The molecule has 19 heavy (non-hydrogen) atoms. The summed E-state index contributed by atoms with van der Waals surface area (Å²) in [5, 5.41) is 1.46. The predicted octanol–water partition coefficient (Wildman–Crippen LogP) is 5.01. The fraction of sp³-hybridized carbons (Fsp3) is 0.400. The van der Waals surface area contributed by atoms with Gasteiger partial charge in [-0.2, -0.15) is 0 Å². The Balaban J connectivity index is 2.11. The van der Waals surface area contributed by atoms with Gasteiger partial charge >= 0.3 is 0 Å². The number of thiazole rings is 1. The number of halogens is 1. The molecule has 1 saturated carbocycles. The molecule has 0 spiro atoms. The minimum atomic E-state index is 0.628. The molecule has 1 heterocycles. The predicted molar refractivity (Wildman–Crippen MR) is 82.9 cm³/mol. The van der Waals surface area contributed by atoms with Gasteiger partial charge in [0.2, 0.25) is 0 Å². The summed E-state index contributed by atoms with van der Waals surface area (Å²) in [6.07, 6.45) is 5.15. The maximum atomic E-state index is 6.23. The summed E-state index contributed by atoms with van der Waals surface area (Å²) < 4.78 is 0. The van der Waals surface area contributed by atoms with Crippen LogP contribution in [-0.2, 0) is 0 Å². The minimum Gasteiger partial charge on any atom is -0.375 e. The van der Waals surface area contributed by atoms with E-state index >= 15 is 0 Å². The summed E-state index contributed by atoms with van der Waals surface area (Å²) in [5.41, 5.74) is 9.22. The third-order valence-corrected chi connectivity index (χ3v) is 5.38. The van der Waals surface area contributed by atoms with Crippen molar-refractivity contribution in [2.24, 2.45) is 0 Å². The Morgan fingerprint density at radius 3 is 2.79 bits per heavy atom. The number of anilines is 1. The van der Waals surface area contributed by atoms with Crippen LogP contribution in [0, 0.1) is 6.92 Å². The maximum Gasteiger partial charge on any atom is 0.180 e. The van der Waals surface area contributed by atoms with Gasteiger partial charge in [0.05, 0.1) is 5.69 Å². The van der Waals surface area contributed by atoms with Crippen LogP contribution in [0.1, 0.15) is 42.0 Å². The molecule has 1 aromatic carbocycles. The Kier molecular flexibility index (Phi) is 3.50.